The van der Waals surface area contributed by atoms with Crippen LogP contribution in [0, 0.1) is 0 Å². The van der Waals surface area contributed by atoms with Crippen molar-refractivity contribution in [2.75, 3.05) is 0 Å². The molecule has 0 heterocycles. The van der Waals surface area contributed by atoms with Crippen LogP contribution in [0.4, 0.5) is 0 Å². The Bertz CT molecular complexity index is 310. The molecular weight excluding hydrogens is 166 g/mol. The molecule has 0 aliphatic rings. The smallest absolute Gasteiger partial charge is 0.310 e. The lowest BCUT2D eigenvalue weighted by Gasteiger charge is -2.10. The predicted molar refractivity (Wildman–Crippen MR) is 50.4 cm³/mol. The number of carboxylic acid groups (broad SMARTS) is 1. The number of hydrogen-bond donors (Lipinski definition) is 2. The second-order valence-electron chi connectivity index (χ2n) is 2.96. The molecule has 13 heavy (non-hydrogen) atoms. The van der Waals surface area contributed by atoms with Gasteiger partial charge in [0.2, 0.25) is 0 Å². The van der Waals surface area contributed by atoms with Crippen molar-refractivity contribution in [2.24, 2.45) is 5.73 Å². The maximum absolute atomic E-state index is 10.7. The molecular formula is C10H13NO2. The molecule has 0 bridgehead atoms. The van der Waals surface area contributed by atoms with Crippen molar-refractivity contribution in [3.8, 4) is 0 Å². The molecule has 0 amide bonds. The van der Waals surface area contributed by atoms with Gasteiger partial charge in [0.1, 0.15) is 0 Å². The molecule has 3 N–H and O–H groups in total. The Morgan fingerprint density at radius 3 is 2.69 bits per heavy atom. The Balaban J connectivity index is 3.05. The highest BCUT2D eigenvalue weighted by molar-refractivity contribution is 5.76. The van der Waals surface area contributed by atoms with Crippen molar-refractivity contribution in [3.05, 3.63) is 35.4 Å². The summed E-state index contributed by atoms with van der Waals surface area (Å²) in [6.07, 6.45) is 0. The number of rotatable bonds is 3. The highest BCUT2D eigenvalue weighted by atomic mass is 16.4. The Hall–Kier alpha value is -1.35. The van der Waals surface area contributed by atoms with Crippen molar-refractivity contribution < 1.29 is 9.90 Å². The molecule has 1 aromatic rings. The van der Waals surface area contributed by atoms with Crippen LogP contribution in [-0.4, -0.2) is 11.1 Å². The molecule has 0 aromatic heterocycles. The van der Waals surface area contributed by atoms with Gasteiger partial charge in [0, 0.05) is 6.54 Å². The Labute approximate surface area is 77.2 Å². The van der Waals surface area contributed by atoms with Crippen LogP contribution >= 0.6 is 0 Å². The summed E-state index contributed by atoms with van der Waals surface area (Å²) in [5, 5.41) is 8.81. The van der Waals surface area contributed by atoms with Gasteiger partial charge in [0.05, 0.1) is 5.92 Å². The minimum atomic E-state index is -0.819. The first-order valence-corrected chi connectivity index (χ1v) is 4.17. The van der Waals surface area contributed by atoms with Crippen LogP contribution in [0.5, 0.6) is 0 Å². The van der Waals surface area contributed by atoms with E-state index in [2.05, 4.69) is 0 Å². The van der Waals surface area contributed by atoms with Crippen LogP contribution in [0.3, 0.4) is 0 Å². The standard InChI is InChI=1S/C10H13NO2/c1-7(10(12)13)9-5-3-2-4-8(9)6-11/h2-5,7H,6,11H2,1H3,(H,12,13). The van der Waals surface area contributed by atoms with E-state index in [4.69, 9.17) is 10.8 Å². The van der Waals surface area contributed by atoms with Crippen molar-refractivity contribution >= 4 is 5.97 Å². The summed E-state index contributed by atoms with van der Waals surface area (Å²) in [5.41, 5.74) is 7.20. The number of carboxylic acids is 1. The zero-order valence-corrected chi connectivity index (χ0v) is 7.53. The topological polar surface area (TPSA) is 63.3 Å². The summed E-state index contributed by atoms with van der Waals surface area (Å²) >= 11 is 0. The second kappa shape index (κ2) is 4.05. The summed E-state index contributed by atoms with van der Waals surface area (Å²) in [4.78, 5) is 10.7. The molecule has 0 aliphatic carbocycles. The molecule has 0 spiro atoms. The molecule has 0 fully saturated rings. The van der Waals surface area contributed by atoms with Crippen LogP contribution in [0.15, 0.2) is 24.3 Å². The van der Waals surface area contributed by atoms with Crippen LogP contribution in [0.1, 0.15) is 24.0 Å². The van der Waals surface area contributed by atoms with E-state index >= 15 is 0 Å². The average molecular weight is 179 g/mol. The summed E-state index contributed by atoms with van der Waals surface area (Å²) in [6, 6.07) is 7.35. The Morgan fingerprint density at radius 1 is 1.54 bits per heavy atom. The van der Waals surface area contributed by atoms with E-state index in [9.17, 15) is 4.79 Å². The first-order chi connectivity index (χ1) is 6.16. The Kier molecular flexibility index (Phi) is 3.03. The van der Waals surface area contributed by atoms with Gasteiger partial charge in [0.15, 0.2) is 0 Å². The van der Waals surface area contributed by atoms with Gasteiger partial charge in [-0.15, -0.1) is 0 Å². The molecule has 0 saturated carbocycles. The zero-order chi connectivity index (χ0) is 9.84. The van der Waals surface area contributed by atoms with E-state index in [1.807, 2.05) is 18.2 Å². The zero-order valence-electron chi connectivity index (χ0n) is 7.53. The predicted octanol–water partition coefficient (Wildman–Crippen LogP) is 1.33. The highest BCUT2D eigenvalue weighted by Crippen LogP contribution is 2.19. The maximum Gasteiger partial charge on any atom is 0.310 e. The van der Waals surface area contributed by atoms with Crippen LogP contribution < -0.4 is 5.73 Å². The number of aliphatic carboxylic acids is 1. The van der Waals surface area contributed by atoms with Gasteiger partial charge in [-0.1, -0.05) is 24.3 Å². The number of hydrogen-bond acceptors (Lipinski definition) is 2. The number of benzene rings is 1. The molecule has 0 aliphatic heterocycles. The summed E-state index contributed by atoms with van der Waals surface area (Å²) in [6.45, 7) is 2.05. The van der Waals surface area contributed by atoms with Crippen molar-refractivity contribution in [1.82, 2.24) is 0 Å². The van der Waals surface area contributed by atoms with Crippen molar-refractivity contribution in [2.45, 2.75) is 19.4 Å². The van der Waals surface area contributed by atoms with E-state index in [0.29, 0.717) is 6.54 Å². The lowest BCUT2D eigenvalue weighted by atomic mass is 9.96. The van der Waals surface area contributed by atoms with E-state index in [1.54, 1.807) is 13.0 Å². The van der Waals surface area contributed by atoms with Gasteiger partial charge in [-0.25, -0.2) is 0 Å². The summed E-state index contributed by atoms with van der Waals surface area (Å²) in [5.74, 6) is -1.30. The van der Waals surface area contributed by atoms with Crippen molar-refractivity contribution in [3.63, 3.8) is 0 Å². The van der Waals surface area contributed by atoms with Crippen LogP contribution in [0.25, 0.3) is 0 Å². The fourth-order valence-electron chi connectivity index (χ4n) is 1.28. The minimum absolute atomic E-state index is 0.383. The fourth-order valence-corrected chi connectivity index (χ4v) is 1.28. The SMILES string of the molecule is CC(C(=O)O)c1ccccc1CN. The Morgan fingerprint density at radius 2 is 2.15 bits per heavy atom. The fraction of sp³-hybridized carbons (Fsp3) is 0.300. The van der Waals surface area contributed by atoms with Gasteiger partial charge in [-0.05, 0) is 18.1 Å². The molecule has 1 aromatic carbocycles. The first kappa shape index (κ1) is 9.74. The molecule has 70 valence electrons. The molecule has 0 radical (unpaired) electrons. The third kappa shape index (κ3) is 2.06. The molecule has 0 saturated heterocycles. The third-order valence-corrected chi connectivity index (χ3v) is 2.11. The lowest BCUT2D eigenvalue weighted by Crippen LogP contribution is -2.11. The van der Waals surface area contributed by atoms with Crippen molar-refractivity contribution in [1.29, 1.82) is 0 Å². The van der Waals surface area contributed by atoms with E-state index < -0.39 is 11.9 Å². The number of nitrogens with two attached hydrogens (primary N) is 1. The summed E-state index contributed by atoms with van der Waals surface area (Å²) < 4.78 is 0. The van der Waals surface area contributed by atoms with E-state index in [-0.39, 0.29) is 0 Å². The lowest BCUT2D eigenvalue weighted by molar-refractivity contribution is -0.138. The van der Waals surface area contributed by atoms with Crippen LogP contribution in [0.2, 0.25) is 0 Å². The molecule has 1 rings (SSSR count). The van der Waals surface area contributed by atoms with Gasteiger partial charge in [-0.2, -0.15) is 0 Å². The number of carbonyl (C=O) groups is 1. The summed E-state index contributed by atoms with van der Waals surface area (Å²) in [7, 11) is 0. The van der Waals surface area contributed by atoms with Crippen LogP contribution in [-0.2, 0) is 11.3 Å². The van der Waals surface area contributed by atoms with E-state index in [1.165, 1.54) is 0 Å². The monoisotopic (exact) mass is 179 g/mol. The van der Waals surface area contributed by atoms with Gasteiger partial charge in [0.25, 0.3) is 0 Å². The van der Waals surface area contributed by atoms with Gasteiger partial charge in [-0.3, -0.25) is 4.79 Å². The van der Waals surface area contributed by atoms with E-state index in [0.717, 1.165) is 11.1 Å². The quantitative estimate of drug-likeness (QED) is 0.735. The third-order valence-electron chi connectivity index (χ3n) is 2.11. The van der Waals surface area contributed by atoms with Gasteiger partial charge >= 0.3 is 5.97 Å². The average Bonchev–Trinajstić information content (AvgIpc) is 2.16. The largest absolute Gasteiger partial charge is 0.481 e. The normalized spacial score (nSPS) is 12.5. The first-order valence-electron chi connectivity index (χ1n) is 4.17. The molecule has 1 unspecified atom stereocenters. The molecule has 3 nitrogen and oxygen atoms in total. The second-order valence-corrected chi connectivity index (χ2v) is 2.96. The highest BCUT2D eigenvalue weighted by Gasteiger charge is 2.15. The molecule has 1 atom stereocenters. The minimum Gasteiger partial charge on any atom is -0.481 e. The maximum atomic E-state index is 10.7. The molecule has 3 heteroatoms. The van der Waals surface area contributed by atoms with Gasteiger partial charge < -0.3 is 10.8 Å².